The zero-order valence-electron chi connectivity index (χ0n) is 10.4. The molecule has 2 rings (SSSR count). The normalized spacial score (nSPS) is 20.3. The average Bonchev–Trinajstić information content (AvgIpc) is 2.37. The van der Waals surface area contributed by atoms with Crippen LogP contribution < -0.4 is 10.6 Å². The van der Waals surface area contributed by atoms with Gasteiger partial charge in [-0.2, -0.15) is 13.2 Å². The van der Waals surface area contributed by atoms with Crippen LogP contribution in [-0.4, -0.2) is 19.1 Å². The Labute approximate surface area is 115 Å². The lowest BCUT2D eigenvalue weighted by molar-refractivity contribution is -0.137. The second kappa shape index (κ2) is 6.01. The Hall–Kier alpha value is -0.940. The highest BCUT2D eigenvalue weighted by molar-refractivity contribution is 6.33. The van der Waals surface area contributed by atoms with E-state index < -0.39 is 11.7 Å². The van der Waals surface area contributed by atoms with Crippen LogP contribution in [0, 0.1) is 0 Å². The molecule has 1 heterocycles. The van der Waals surface area contributed by atoms with Gasteiger partial charge in [0.15, 0.2) is 0 Å². The van der Waals surface area contributed by atoms with E-state index in [4.69, 9.17) is 11.6 Å². The van der Waals surface area contributed by atoms with Crippen molar-refractivity contribution in [3.05, 3.63) is 28.8 Å². The van der Waals surface area contributed by atoms with E-state index >= 15 is 0 Å². The molecule has 6 heteroatoms. The number of alkyl halides is 3. The summed E-state index contributed by atoms with van der Waals surface area (Å²) in [6.07, 6.45) is -1.01. The first-order valence-electron chi connectivity index (χ1n) is 6.31. The molecule has 0 aromatic heterocycles. The van der Waals surface area contributed by atoms with Gasteiger partial charge in [0.1, 0.15) is 0 Å². The van der Waals surface area contributed by atoms with Gasteiger partial charge in [-0.05, 0) is 37.6 Å². The number of anilines is 1. The van der Waals surface area contributed by atoms with Gasteiger partial charge in [0.25, 0.3) is 0 Å². The van der Waals surface area contributed by atoms with Crippen molar-refractivity contribution in [2.75, 3.05) is 18.4 Å². The number of rotatable bonds is 3. The lowest BCUT2D eigenvalue weighted by atomic mass is 10.0. The Kier molecular flexibility index (Phi) is 4.58. The first kappa shape index (κ1) is 14.5. The van der Waals surface area contributed by atoms with Crippen LogP contribution in [0.5, 0.6) is 0 Å². The summed E-state index contributed by atoms with van der Waals surface area (Å²) in [5, 5.41) is 6.64. The molecule has 0 spiro atoms. The van der Waals surface area contributed by atoms with Crippen LogP contribution in [0.1, 0.15) is 24.8 Å². The van der Waals surface area contributed by atoms with E-state index in [1.807, 2.05) is 0 Å². The van der Waals surface area contributed by atoms with E-state index in [9.17, 15) is 13.2 Å². The monoisotopic (exact) mass is 292 g/mol. The molecule has 0 aliphatic carbocycles. The van der Waals surface area contributed by atoms with Gasteiger partial charge in [0.2, 0.25) is 0 Å². The Morgan fingerprint density at radius 3 is 2.74 bits per heavy atom. The Bertz CT molecular complexity index is 428. The number of hydrogen-bond donors (Lipinski definition) is 2. The maximum Gasteiger partial charge on any atom is 0.416 e. The van der Waals surface area contributed by atoms with Crippen LogP contribution in [0.4, 0.5) is 18.9 Å². The maximum atomic E-state index is 12.6. The van der Waals surface area contributed by atoms with E-state index in [-0.39, 0.29) is 0 Å². The quantitative estimate of drug-likeness (QED) is 0.882. The molecular weight excluding hydrogens is 277 g/mol. The third kappa shape index (κ3) is 4.01. The van der Waals surface area contributed by atoms with E-state index in [0.717, 1.165) is 37.9 Å². The SMILES string of the molecule is FC(F)(F)c1ccc(Cl)c(NCC2CCCCN2)c1. The molecule has 1 aliphatic rings. The smallest absolute Gasteiger partial charge is 0.382 e. The van der Waals surface area contributed by atoms with Crippen LogP contribution in [0.2, 0.25) is 5.02 Å². The van der Waals surface area contributed by atoms with Crippen LogP contribution in [-0.2, 0) is 6.18 Å². The van der Waals surface area contributed by atoms with Crippen molar-refractivity contribution in [2.24, 2.45) is 0 Å². The molecule has 1 fully saturated rings. The van der Waals surface area contributed by atoms with Crippen molar-refractivity contribution in [3.8, 4) is 0 Å². The van der Waals surface area contributed by atoms with Crippen molar-refractivity contribution in [2.45, 2.75) is 31.5 Å². The molecule has 19 heavy (non-hydrogen) atoms. The second-order valence-corrected chi connectivity index (χ2v) is 5.13. The summed E-state index contributed by atoms with van der Waals surface area (Å²) in [5.41, 5.74) is -0.347. The van der Waals surface area contributed by atoms with Crippen LogP contribution in [0.25, 0.3) is 0 Å². The van der Waals surface area contributed by atoms with Crippen molar-refractivity contribution in [1.82, 2.24) is 5.32 Å². The molecule has 1 atom stereocenters. The molecule has 1 saturated heterocycles. The minimum Gasteiger partial charge on any atom is -0.382 e. The average molecular weight is 293 g/mol. The Morgan fingerprint density at radius 1 is 1.32 bits per heavy atom. The van der Waals surface area contributed by atoms with Crippen LogP contribution in [0.3, 0.4) is 0 Å². The van der Waals surface area contributed by atoms with Crippen molar-refractivity contribution in [1.29, 1.82) is 0 Å². The highest BCUT2D eigenvalue weighted by atomic mass is 35.5. The molecule has 1 aliphatic heterocycles. The minimum absolute atomic E-state index is 0.291. The number of nitrogens with one attached hydrogen (secondary N) is 2. The fourth-order valence-corrected chi connectivity index (χ4v) is 2.35. The molecule has 2 nitrogen and oxygen atoms in total. The third-order valence-corrected chi connectivity index (χ3v) is 3.57. The number of benzene rings is 1. The van der Waals surface area contributed by atoms with Gasteiger partial charge < -0.3 is 10.6 Å². The van der Waals surface area contributed by atoms with E-state index in [0.29, 0.717) is 23.3 Å². The third-order valence-electron chi connectivity index (χ3n) is 3.24. The summed E-state index contributed by atoms with van der Waals surface area (Å²) in [7, 11) is 0. The fraction of sp³-hybridized carbons (Fsp3) is 0.538. The highest BCUT2D eigenvalue weighted by Gasteiger charge is 2.31. The molecule has 1 aromatic carbocycles. The molecule has 1 aromatic rings. The molecule has 1 unspecified atom stereocenters. The Morgan fingerprint density at radius 2 is 2.11 bits per heavy atom. The maximum absolute atomic E-state index is 12.6. The van der Waals surface area contributed by atoms with Gasteiger partial charge in [0.05, 0.1) is 16.3 Å². The van der Waals surface area contributed by atoms with Gasteiger partial charge in [-0.3, -0.25) is 0 Å². The van der Waals surface area contributed by atoms with Gasteiger partial charge in [0, 0.05) is 12.6 Å². The van der Waals surface area contributed by atoms with E-state index in [2.05, 4.69) is 10.6 Å². The first-order valence-corrected chi connectivity index (χ1v) is 6.68. The van der Waals surface area contributed by atoms with Gasteiger partial charge in [-0.25, -0.2) is 0 Å². The van der Waals surface area contributed by atoms with Gasteiger partial charge in [-0.15, -0.1) is 0 Å². The zero-order valence-corrected chi connectivity index (χ0v) is 11.1. The zero-order chi connectivity index (χ0) is 13.9. The number of piperidine rings is 1. The summed E-state index contributed by atoms with van der Waals surface area (Å²) < 4.78 is 37.8. The van der Waals surface area contributed by atoms with Crippen molar-refractivity contribution >= 4 is 17.3 Å². The predicted octanol–water partition coefficient (Wildman–Crippen LogP) is 3.91. The van der Waals surface area contributed by atoms with Crippen LogP contribution in [0.15, 0.2) is 18.2 Å². The molecular formula is C13H16ClF3N2. The van der Waals surface area contributed by atoms with Crippen molar-refractivity contribution < 1.29 is 13.2 Å². The lowest BCUT2D eigenvalue weighted by Crippen LogP contribution is -2.39. The number of halogens is 4. The standard InChI is InChI=1S/C13H16ClF3N2/c14-11-5-4-9(13(15,16)17)7-12(11)19-8-10-3-1-2-6-18-10/h4-5,7,10,18-19H,1-3,6,8H2. The largest absolute Gasteiger partial charge is 0.416 e. The molecule has 2 N–H and O–H groups in total. The summed E-state index contributed by atoms with van der Waals surface area (Å²) in [6, 6.07) is 3.62. The van der Waals surface area contributed by atoms with E-state index in [1.54, 1.807) is 0 Å². The lowest BCUT2D eigenvalue weighted by Gasteiger charge is -2.24. The second-order valence-electron chi connectivity index (χ2n) is 4.72. The first-order chi connectivity index (χ1) is 8.97. The molecule has 106 valence electrons. The van der Waals surface area contributed by atoms with Crippen LogP contribution >= 0.6 is 11.6 Å². The fourth-order valence-electron chi connectivity index (χ4n) is 2.17. The molecule has 0 saturated carbocycles. The van der Waals surface area contributed by atoms with E-state index in [1.165, 1.54) is 6.07 Å². The van der Waals surface area contributed by atoms with Gasteiger partial charge >= 0.3 is 6.18 Å². The Balaban J connectivity index is 2.02. The van der Waals surface area contributed by atoms with Gasteiger partial charge in [-0.1, -0.05) is 18.0 Å². The molecule has 0 amide bonds. The summed E-state index contributed by atoms with van der Waals surface area (Å²) in [4.78, 5) is 0. The summed E-state index contributed by atoms with van der Waals surface area (Å²) in [6.45, 7) is 1.55. The predicted molar refractivity (Wildman–Crippen MR) is 70.6 cm³/mol. The highest BCUT2D eigenvalue weighted by Crippen LogP contribution is 2.33. The minimum atomic E-state index is -4.34. The number of hydrogen-bond acceptors (Lipinski definition) is 2. The molecule has 0 radical (unpaired) electrons. The summed E-state index contributed by atoms with van der Waals surface area (Å²) in [5.74, 6) is 0. The molecule has 0 bridgehead atoms. The topological polar surface area (TPSA) is 24.1 Å². The van der Waals surface area contributed by atoms with Crippen molar-refractivity contribution in [3.63, 3.8) is 0 Å². The summed E-state index contributed by atoms with van der Waals surface area (Å²) >= 11 is 5.91.